The van der Waals surface area contributed by atoms with Crippen molar-refractivity contribution in [3.8, 4) is 0 Å². The molecule has 0 aliphatic carbocycles. The van der Waals surface area contributed by atoms with Gasteiger partial charge in [-0.15, -0.1) is 0 Å². The molecule has 2 atom stereocenters. The van der Waals surface area contributed by atoms with Gasteiger partial charge in [-0.1, -0.05) is 77.5 Å². The van der Waals surface area contributed by atoms with Crippen LogP contribution >= 0.6 is 15.9 Å². The van der Waals surface area contributed by atoms with Gasteiger partial charge < -0.3 is 10.2 Å². The molecule has 214 valence electrons. The van der Waals surface area contributed by atoms with E-state index in [1.54, 1.807) is 18.2 Å². The average molecular weight is 629 g/mol. The molecule has 0 aromatic heterocycles. The molecule has 1 N–H and O–H groups in total. The summed E-state index contributed by atoms with van der Waals surface area (Å²) < 4.78 is 27.8. The van der Waals surface area contributed by atoms with Gasteiger partial charge in [0.05, 0.1) is 11.9 Å². The summed E-state index contributed by atoms with van der Waals surface area (Å²) >= 11 is 3.45. The van der Waals surface area contributed by atoms with Gasteiger partial charge in [0.25, 0.3) is 0 Å². The molecule has 0 fully saturated rings. The van der Waals surface area contributed by atoms with E-state index >= 15 is 0 Å². The monoisotopic (exact) mass is 627 g/mol. The fraction of sp³-hybridized carbons (Fsp3) is 0.355. The summed E-state index contributed by atoms with van der Waals surface area (Å²) in [6, 6.07) is 21.4. The minimum absolute atomic E-state index is 0.0838. The van der Waals surface area contributed by atoms with Crippen LogP contribution in [0.25, 0.3) is 0 Å². The zero-order valence-corrected chi connectivity index (χ0v) is 26.1. The number of hydrogen-bond donors (Lipinski definition) is 1. The van der Waals surface area contributed by atoms with Crippen molar-refractivity contribution in [2.75, 3.05) is 17.1 Å². The fourth-order valence-electron chi connectivity index (χ4n) is 4.36. The van der Waals surface area contributed by atoms with E-state index in [4.69, 9.17) is 0 Å². The number of carbonyl (C=O) groups is 2. The number of carbonyl (C=O) groups excluding carboxylic acids is 2. The molecule has 0 aliphatic rings. The summed E-state index contributed by atoms with van der Waals surface area (Å²) in [5.41, 5.74) is 3.99. The highest BCUT2D eigenvalue weighted by Crippen LogP contribution is 2.25. The second kappa shape index (κ2) is 13.9. The van der Waals surface area contributed by atoms with Crippen LogP contribution in [0.2, 0.25) is 0 Å². The third kappa shape index (κ3) is 8.41. The molecule has 0 unspecified atom stereocenters. The summed E-state index contributed by atoms with van der Waals surface area (Å²) in [5.74, 6) is -0.736. The summed E-state index contributed by atoms with van der Waals surface area (Å²) in [5, 5.41) is 3.04. The molecule has 0 aliphatic heterocycles. The first kappa shape index (κ1) is 31.4. The van der Waals surface area contributed by atoms with Crippen molar-refractivity contribution in [3.63, 3.8) is 0 Å². The molecule has 3 aromatic carbocycles. The number of aryl methyl sites for hydroxylation is 2. The number of hydrogen-bond acceptors (Lipinski definition) is 4. The normalized spacial score (nSPS) is 12.8. The Hall–Kier alpha value is -3.17. The Labute approximate surface area is 246 Å². The lowest BCUT2D eigenvalue weighted by atomic mass is 10.0. The second-order valence-corrected chi connectivity index (χ2v) is 12.9. The van der Waals surface area contributed by atoms with Crippen LogP contribution in [-0.4, -0.2) is 50.0 Å². The molecule has 0 heterocycles. The highest BCUT2D eigenvalue weighted by Gasteiger charge is 2.33. The lowest BCUT2D eigenvalue weighted by Gasteiger charge is -2.34. The summed E-state index contributed by atoms with van der Waals surface area (Å²) in [7, 11) is -3.81. The standard InChI is InChI=1S/C31H38BrN3O4S/c1-6-24(4)33-31(37)29(19-25-13-8-7-9-14-25)34(20-26-15-11-10-12-22(26)2)30(36)21-35(40(5,38)39)27-16-17-28(32)23(3)18-27/h7-18,24,29H,6,19-21H2,1-5H3,(H,33,37)/t24-,29+/m1/s1. The zero-order valence-electron chi connectivity index (χ0n) is 23.7. The van der Waals surface area contributed by atoms with Gasteiger partial charge in [0.2, 0.25) is 21.8 Å². The number of amides is 2. The fourth-order valence-corrected chi connectivity index (χ4v) is 5.45. The molecule has 0 bridgehead atoms. The van der Waals surface area contributed by atoms with Gasteiger partial charge in [-0.05, 0) is 67.6 Å². The highest BCUT2D eigenvalue weighted by atomic mass is 79.9. The number of halogens is 1. The van der Waals surface area contributed by atoms with Gasteiger partial charge in [0.15, 0.2) is 0 Å². The van der Waals surface area contributed by atoms with Gasteiger partial charge in [-0.25, -0.2) is 8.42 Å². The van der Waals surface area contributed by atoms with Crippen molar-refractivity contribution in [1.29, 1.82) is 0 Å². The maximum atomic E-state index is 14.2. The Balaban J connectivity index is 2.08. The minimum atomic E-state index is -3.81. The van der Waals surface area contributed by atoms with E-state index in [2.05, 4.69) is 21.2 Å². The molecule has 0 saturated carbocycles. The number of rotatable bonds is 12. The van der Waals surface area contributed by atoms with E-state index in [0.29, 0.717) is 5.69 Å². The number of nitrogens with one attached hydrogen (secondary N) is 1. The van der Waals surface area contributed by atoms with Crippen LogP contribution in [0.15, 0.2) is 77.3 Å². The maximum Gasteiger partial charge on any atom is 0.244 e. The van der Waals surface area contributed by atoms with Crippen molar-refractivity contribution in [1.82, 2.24) is 10.2 Å². The zero-order chi connectivity index (χ0) is 29.4. The second-order valence-electron chi connectivity index (χ2n) is 10.2. The third-order valence-electron chi connectivity index (χ3n) is 6.98. The quantitative estimate of drug-likeness (QED) is 0.292. The predicted octanol–water partition coefficient (Wildman–Crippen LogP) is 5.39. The molecule has 7 nitrogen and oxygen atoms in total. The van der Waals surface area contributed by atoms with E-state index < -0.39 is 28.5 Å². The van der Waals surface area contributed by atoms with Gasteiger partial charge in [-0.3, -0.25) is 13.9 Å². The van der Waals surface area contributed by atoms with Gasteiger partial charge in [-0.2, -0.15) is 0 Å². The Morgan fingerprint density at radius 2 is 1.60 bits per heavy atom. The first-order valence-electron chi connectivity index (χ1n) is 13.3. The van der Waals surface area contributed by atoms with Gasteiger partial charge in [0, 0.05) is 23.5 Å². The first-order valence-corrected chi connectivity index (χ1v) is 16.0. The number of anilines is 1. The predicted molar refractivity (Wildman–Crippen MR) is 165 cm³/mol. The van der Waals surface area contributed by atoms with Crippen LogP contribution in [0.1, 0.15) is 42.5 Å². The smallest absolute Gasteiger partial charge is 0.244 e. The minimum Gasteiger partial charge on any atom is -0.352 e. The lowest BCUT2D eigenvalue weighted by molar-refractivity contribution is -0.140. The van der Waals surface area contributed by atoms with Crippen molar-refractivity contribution in [3.05, 3.63) is 99.5 Å². The van der Waals surface area contributed by atoms with E-state index in [-0.39, 0.29) is 24.9 Å². The van der Waals surface area contributed by atoms with Crippen molar-refractivity contribution < 1.29 is 18.0 Å². The lowest BCUT2D eigenvalue weighted by Crippen LogP contribution is -2.54. The van der Waals surface area contributed by atoms with Crippen LogP contribution in [0.3, 0.4) is 0 Å². The van der Waals surface area contributed by atoms with E-state index in [9.17, 15) is 18.0 Å². The van der Waals surface area contributed by atoms with Crippen LogP contribution < -0.4 is 9.62 Å². The largest absolute Gasteiger partial charge is 0.352 e. The SMILES string of the molecule is CC[C@@H](C)NC(=O)[C@H](Cc1ccccc1)N(Cc1ccccc1C)C(=O)CN(c1ccc(Br)c(C)c1)S(C)(=O)=O. The molecule has 2 amide bonds. The summed E-state index contributed by atoms with van der Waals surface area (Å²) in [6.45, 7) is 7.44. The Bertz CT molecular complexity index is 1430. The molecular weight excluding hydrogens is 590 g/mol. The highest BCUT2D eigenvalue weighted by molar-refractivity contribution is 9.10. The Kier molecular flexibility index (Phi) is 10.9. The van der Waals surface area contributed by atoms with Crippen LogP contribution in [0, 0.1) is 13.8 Å². The van der Waals surface area contributed by atoms with E-state index in [0.717, 1.165) is 43.7 Å². The van der Waals surface area contributed by atoms with Crippen LogP contribution in [-0.2, 0) is 32.6 Å². The van der Waals surface area contributed by atoms with E-state index in [1.165, 1.54) is 4.90 Å². The average Bonchev–Trinajstić information content (AvgIpc) is 2.91. The van der Waals surface area contributed by atoms with Gasteiger partial charge in [0.1, 0.15) is 12.6 Å². The van der Waals surface area contributed by atoms with Crippen molar-refractivity contribution in [2.45, 2.75) is 59.2 Å². The molecule has 0 spiro atoms. The number of nitrogens with zero attached hydrogens (tertiary/aromatic N) is 2. The van der Waals surface area contributed by atoms with E-state index in [1.807, 2.05) is 82.3 Å². The number of benzene rings is 3. The molecule has 3 rings (SSSR count). The van der Waals surface area contributed by atoms with Crippen molar-refractivity contribution >= 4 is 43.5 Å². The summed E-state index contributed by atoms with van der Waals surface area (Å²) in [6.07, 6.45) is 2.11. The molecule has 3 aromatic rings. The molecule has 9 heteroatoms. The first-order chi connectivity index (χ1) is 18.9. The Morgan fingerprint density at radius 1 is 0.950 bits per heavy atom. The van der Waals surface area contributed by atoms with Crippen LogP contribution in [0.5, 0.6) is 0 Å². The van der Waals surface area contributed by atoms with Crippen molar-refractivity contribution in [2.24, 2.45) is 0 Å². The maximum absolute atomic E-state index is 14.2. The Morgan fingerprint density at radius 3 is 2.20 bits per heavy atom. The molecule has 0 radical (unpaired) electrons. The van der Waals surface area contributed by atoms with Gasteiger partial charge >= 0.3 is 0 Å². The molecule has 40 heavy (non-hydrogen) atoms. The molecular formula is C31H38BrN3O4S. The topological polar surface area (TPSA) is 86.8 Å². The third-order valence-corrected chi connectivity index (χ3v) is 9.01. The molecule has 0 saturated heterocycles. The van der Waals surface area contributed by atoms with Crippen LogP contribution in [0.4, 0.5) is 5.69 Å². The number of sulfonamides is 1. The summed E-state index contributed by atoms with van der Waals surface area (Å²) in [4.78, 5) is 29.4.